The minimum atomic E-state index is -0.602. The van der Waals surface area contributed by atoms with Gasteiger partial charge in [0.2, 0.25) is 5.95 Å². The first kappa shape index (κ1) is 16.7. The molecule has 0 spiro atoms. The van der Waals surface area contributed by atoms with E-state index in [0.717, 1.165) is 22.4 Å². The number of nitrogens with one attached hydrogen (secondary N) is 1. The summed E-state index contributed by atoms with van der Waals surface area (Å²) in [6.45, 7) is 1.64. The molecular formula is C19H24FN3O. The van der Waals surface area contributed by atoms with E-state index in [1.807, 2.05) is 18.2 Å². The van der Waals surface area contributed by atoms with Crippen LogP contribution in [0.1, 0.15) is 53.7 Å². The lowest BCUT2D eigenvalue weighted by molar-refractivity contribution is 0.102. The van der Waals surface area contributed by atoms with E-state index in [0.29, 0.717) is 11.6 Å². The fourth-order valence-electron chi connectivity index (χ4n) is 3.60. The van der Waals surface area contributed by atoms with Gasteiger partial charge in [-0.1, -0.05) is 50.3 Å². The number of aromatic nitrogens is 2. The van der Waals surface area contributed by atoms with Crippen molar-refractivity contribution in [2.24, 2.45) is 13.0 Å². The van der Waals surface area contributed by atoms with Gasteiger partial charge >= 0.3 is 0 Å². The number of halogens is 1. The highest BCUT2D eigenvalue weighted by molar-refractivity contribution is 6.05. The molecule has 0 saturated heterocycles. The third-order valence-electron chi connectivity index (χ3n) is 4.88. The van der Waals surface area contributed by atoms with Crippen LogP contribution in [0.3, 0.4) is 0 Å². The summed E-state index contributed by atoms with van der Waals surface area (Å²) in [7, 11) is 1.50. The number of amides is 1. The van der Waals surface area contributed by atoms with E-state index in [1.165, 1.54) is 39.2 Å². The average molecular weight is 329 g/mol. The van der Waals surface area contributed by atoms with Crippen molar-refractivity contribution >= 4 is 11.6 Å². The molecule has 0 atom stereocenters. The summed E-state index contributed by atoms with van der Waals surface area (Å²) >= 11 is 0. The van der Waals surface area contributed by atoms with E-state index in [1.54, 1.807) is 6.92 Å². The zero-order valence-corrected chi connectivity index (χ0v) is 14.3. The Morgan fingerprint density at radius 1 is 1.29 bits per heavy atom. The lowest BCUT2D eigenvalue weighted by Gasteiger charge is -2.22. The minimum absolute atomic E-state index is 0.0185. The molecule has 3 rings (SSSR count). The van der Waals surface area contributed by atoms with Gasteiger partial charge in [-0.3, -0.25) is 4.79 Å². The first-order chi connectivity index (χ1) is 11.6. The zero-order chi connectivity index (χ0) is 17.1. The molecule has 1 aromatic heterocycles. The van der Waals surface area contributed by atoms with Gasteiger partial charge in [0.05, 0.1) is 5.69 Å². The van der Waals surface area contributed by atoms with E-state index in [2.05, 4.69) is 16.5 Å². The van der Waals surface area contributed by atoms with Crippen molar-refractivity contribution in [3.63, 3.8) is 0 Å². The van der Waals surface area contributed by atoms with Gasteiger partial charge in [0.25, 0.3) is 5.91 Å². The second kappa shape index (κ2) is 7.16. The molecule has 1 saturated carbocycles. The third-order valence-corrected chi connectivity index (χ3v) is 4.88. The number of anilines is 1. The van der Waals surface area contributed by atoms with Crippen LogP contribution in [0.15, 0.2) is 24.3 Å². The monoisotopic (exact) mass is 329 g/mol. The van der Waals surface area contributed by atoms with Crippen molar-refractivity contribution in [3.05, 3.63) is 47.0 Å². The molecule has 128 valence electrons. The highest BCUT2D eigenvalue weighted by atomic mass is 19.1. The molecule has 0 radical (unpaired) electrons. The van der Waals surface area contributed by atoms with Gasteiger partial charge in [0.15, 0.2) is 0 Å². The van der Waals surface area contributed by atoms with Crippen LogP contribution in [0.4, 0.5) is 10.1 Å². The van der Waals surface area contributed by atoms with Crippen LogP contribution in [-0.2, 0) is 13.5 Å². The van der Waals surface area contributed by atoms with E-state index in [4.69, 9.17) is 0 Å². The lowest BCUT2D eigenvalue weighted by Crippen LogP contribution is -2.17. The highest BCUT2D eigenvalue weighted by Gasteiger charge is 2.22. The van der Waals surface area contributed by atoms with Crippen LogP contribution in [0, 0.1) is 18.8 Å². The molecule has 1 amide bonds. The van der Waals surface area contributed by atoms with Crippen molar-refractivity contribution in [2.45, 2.75) is 45.4 Å². The minimum Gasteiger partial charge on any atom is -0.322 e. The van der Waals surface area contributed by atoms with Gasteiger partial charge in [-0.15, -0.1) is 0 Å². The van der Waals surface area contributed by atoms with Gasteiger partial charge in [-0.05, 0) is 30.9 Å². The smallest absolute Gasteiger partial charge is 0.262 e. The van der Waals surface area contributed by atoms with Crippen molar-refractivity contribution < 1.29 is 9.18 Å². The van der Waals surface area contributed by atoms with Crippen LogP contribution >= 0.6 is 0 Å². The second-order valence-electron chi connectivity index (χ2n) is 6.69. The molecule has 1 aliphatic carbocycles. The van der Waals surface area contributed by atoms with Crippen molar-refractivity contribution in [1.29, 1.82) is 0 Å². The zero-order valence-electron chi connectivity index (χ0n) is 14.3. The molecular weight excluding hydrogens is 305 g/mol. The summed E-state index contributed by atoms with van der Waals surface area (Å²) in [5, 5.41) is 6.85. The fraction of sp³-hybridized carbons (Fsp3) is 0.474. The van der Waals surface area contributed by atoms with Crippen molar-refractivity contribution in [3.8, 4) is 0 Å². The van der Waals surface area contributed by atoms with E-state index in [9.17, 15) is 9.18 Å². The predicted molar refractivity (Wildman–Crippen MR) is 92.6 cm³/mol. The molecule has 0 unspecified atom stereocenters. The maximum Gasteiger partial charge on any atom is 0.262 e. The summed E-state index contributed by atoms with van der Waals surface area (Å²) in [4.78, 5) is 12.5. The van der Waals surface area contributed by atoms with E-state index < -0.39 is 11.9 Å². The van der Waals surface area contributed by atoms with Gasteiger partial charge in [-0.2, -0.15) is 9.49 Å². The largest absolute Gasteiger partial charge is 0.322 e. The summed E-state index contributed by atoms with van der Waals surface area (Å²) in [6.07, 6.45) is 7.37. The summed E-state index contributed by atoms with van der Waals surface area (Å²) < 4.78 is 15.2. The Morgan fingerprint density at radius 2 is 2.00 bits per heavy atom. The van der Waals surface area contributed by atoms with Crippen LogP contribution in [0.25, 0.3) is 0 Å². The Balaban J connectivity index is 1.78. The lowest BCUT2D eigenvalue weighted by atomic mass is 9.84. The standard InChI is InChI=1S/C19H24FN3O/c1-13-17(18(20)23(2)22-13)19(24)21-16-11-7-6-10-15(16)12-14-8-4-3-5-9-14/h6-7,10-11,14H,3-5,8-9,12H2,1-2H3,(H,21,24). The molecule has 1 heterocycles. The topological polar surface area (TPSA) is 46.9 Å². The molecule has 0 bridgehead atoms. The van der Waals surface area contributed by atoms with Crippen LogP contribution < -0.4 is 5.32 Å². The van der Waals surface area contributed by atoms with Gasteiger partial charge in [-0.25, -0.2) is 4.68 Å². The number of carbonyl (C=O) groups is 1. The molecule has 1 aromatic carbocycles. The van der Waals surface area contributed by atoms with Gasteiger partial charge in [0.1, 0.15) is 5.56 Å². The summed E-state index contributed by atoms with van der Waals surface area (Å²) in [5.74, 6) is -0.363. The molecule has 0 aliphatic heterocycles. The molecule has 4 nitrogen and oxygen atoms in total. The second-order valence-corrected chi connectivity index (χ2v) is 6.69. The summed E-state index contributed by atoms with van der Waals surface area (Å²) in [5.41, 5.74) is 2.32. The summed E-state index contributed by atoms with van der Waals surface area (Å²) in [6, 6.07) is 7.83. The number of rotatable bonds is 4. The molecule has 1 fully saturated rings. The fourth-order valence-corrected chi connectivity index (χ4v) is 3.60. The Hall–Kier alpha value is -2.17. The normalized spacial score (nSPS) is 15.5. The molecule has 24 heavy (non-hydrogen) atoms. The molecule has 1 aliphatic rings. The first-order valence-electron chi connectivity index (χ1n) is 8.64. The maximum atomic E-state index is 14.1. The van der Waals surface area contributed by atoms with Crippen LogP contribution in [-0.4, -0.2) is 15.7 Å². The van der Waals surface area contributed by atoms with Crippen molar-refractivity contribution in [1.82, 2.24) is 9.78 Å². The quantitative estimate of drug-likeness (QED) is 0.912. The Bertz CT molecular complexity index is 732. The first-order valence-corrected chi connectivity index (χ1v) is 8.64. The van der Waals surface area contributed by atoms with Crippen LogP contribution in [0.2, 0.25) is 0 Å². The number of nitrogens with zero attached hydrogens (tertiary/aromatic N) is 2. The number of hydrogen-bond donors (Lipinski definition) is 1. The molecule has 2 aromatic rings. The van der Waals surface area contributed by atoms with E-state index >= 15 is 0 Å². The molecule has 5 heteroatoms. The third kappa shape index (κ3) is 3.50. The number of para-hydroxylation sites is 1. The number of carbonyl (C=O) groups excluding carboxylic acids is 1. The Morgan fingerprint density at radius 3 is 2.67 bits per heavy atom. The molecule has 1 N–H and O–H groups in total. The number of hydrogen-bond acceptors (Lipinski definition) is 2. The van der Waals surface area contributed by atoms with Gasteiger partial charge in [0, 0.05) is 12.7 Å². The van der Waals surface area contributed by atoms with Crippen LogP contribution in [0.5, 0.6) is 0 Å². The Kier molecular flexibility index (Phi) is 4.97. The van der Waals surface area contributed by atoms with Gasteiger partial charge < -0.3 is 5.32 Å². The van der Waals surface area contributed by atoms with Crippen molar-refractivity contribution in [2.75, 3.05) is 5.32 Å². The Labute approximate surface area is 142 Å². The van der Waals surface area contributed by atoms with E-state index in [-0.39, 0.29) is 5.56 Å². The number of aryl methyl sites for hydroxylation is 2. The average Bonchev–Trinajstić information content (AvgIpc) is 2.83. The maximum absolute atomic E-state index is 14.1. The number of benzene rings is 1. The highest BCUT2D eigenvalue weighted by Crippen LogP contribution is 2.29. The SMILES string of the molecule is Cc1nn(C)c(F)c1C(=O)Nc1ccccc1CC1CCCCC1. The predicted octanol–water partition coefficient (Wildman–Crippen LogP) is 4.24.